The molecule has 0 spiro atoms. The molecule has 1 aromatic carbocycles. The third-order valence-electron chi connectivity index (χ3n) is 3.50. The monoisotopic (exact) mass is 354 g/mol. The highest BCUT2D eigenvalue weighted by Gasteiger charge is 2.34. The quantitative estimate of drug-likeness (QED) is 0.898. The lowest BCUT2D eigenvalue weighted by Gasteiger charge is -2.34. The standard InChI is InChI=1S/C15H19BrN2O3/c1-9(2)14-15(20)18(8-13(19)17-14)7-10-6-11(16)4-5-12(10)21-3/h4-6,9,14H,7-8H2,1-3H3,(H,17,19). The van der Waals surface area contributed by atoms with E-state index in [9.17, 15) is 9.59 Å². The predicted octanol–water partition coefficient (Wildman–Crippen LogP) is 1.94. The molecule has 1 unspecified atom stereocenters. The van der Waals surface area contributed by atoms with Gasteiger partial charge in [0.25, 0.3) is 0 Å². The summed E-state index contributed by atoms with van der Waals surface area (Å²) in [7, 11) is 1.59. The van der Waals surface area contributed by atoms with Crippen LogP contribution in [0.4, 0.5) is 0 Å². The van der Waals surface area contributed by atoms with E-state index in [1.807, 2.05) is 32.0 Å². The van der Waals surface area contributed by atoms with Gasteiger partial charge in [-0.05, 0) is 24.1 Å². The summed E-state index contributed by atoms with van der Waals surface area (Å²) in [6, 6.07) is 5.17. The summed E-state index contributed by atoms with van der Waals surface area (Å²) in [4.78, 5) is 25.8. The van der Waals surface area contributed by atoms with E-state index < -0.39 is 6.04 Å². The van der Waals surface area contributed by atoms with Crippen LogP contribution in [0.5, 0.6) is 5.75 Å². The number of carbonyl (C=O) groups excluding carboxylic acids is 2. The summed E-state index contributed by atoms with van der Waals surface area (Å²) in [6.07, 6.45) is 0. The van der Waals surface area contributed by atoms with Crippen LogP contribution in [0.3, 0.4) is 0 Å². The molecule has 21 heavy (non-hydrogen) atoms. The first-order valence-electron chi connectivity index (χ1n) is 6.83. The van der Waals surface area contributed by atoms with Crippen molar-refractivity contribution in [1.29, 1.82) is 0 Å². The van der Waals surface area contributed by atoms with Gasteiger partial charge in [-0.3, -0.25) is 9.59 Å². The first kappa shape index (κ1) is 15.8. The second kappa shape index (κ2) is 6.47. The average molecular weight is 355 g/mol. The second-order valence-corrected chi connectivity index (χ2v) is 6.36. The van der Waals surface area contributed by atoms with Crippen LogP contribution >= 0.6 is 15.9 Å². The third-order valence-corrected chi connectivity index (χ3v) is 3.99. The number of nitrogens with zero attached hydrogens (tertiary/aromatic N) is 1. The van der Waals surface area contributed by atoms with E-state index in [0.717, 1.165) is 10.0 Å². The van der Waals surface area contributed by atoms with E-state index in [4.69, 9.17) is 4.74 Å². The summed E-state index contributed by atoms with van der Waals surface area (Å²) in [6.45, 7) is 4.29. The maximum absolute atomic E-state index is 12.5. The molecule has 1 aliphatic rings. The molecule has 1 aromatic rings. The Balaban J connectivity index is 2.23. The van der Waals surface area contributed by atoms with Gasteiger partial charge in [0.15, 0.2) is 0 Å². The number of halogens is 1. The lowest BCUT2D eigenvalue weighted by molar-refractivity contribution is -0.146. The van der Waals surface area contributed by atoms with Gasteiger partial charge in [0.05, 0.1) is 13.7 Å². The molecular weight excluding hydrogens is 336 g/mol. The summed E-state index contributed by atoms with van der Waals surface area (Å²) in [5, 5.41) is 2.75. The normalized spacial score (nSPS) is 18.9. The predicted molar refractivity (Wildman–Crippen MR) is 82.9 cm³/mol. The summed E-state index contributed by atoms with van der Waals surface area (Å²) >= 11 is 3.41. The number of methoxy groups -OCH3 is 1. The van der Waals surface area contributed by atoms with Crippen LogP contribution in [0.1, 0.15) is 19.4 Å². The fourth-order valence-corrected chi connectivity index (χ4v) is 2.80. The van der Waals surface area contributed by atoms with Gasteiger partial charge in [0.2, 0.25) is 11.8 Å². The van der Waals surface area contributed by atoms with Gasteiger partial charge in [-0.15, -0.1) is 0 Å². The van der Waals surface area contributed by atoms with Crippen molar-refractivity contribution >= 4 is 27.7 Å². The number of nitrogens with one attached hydrogen (secondary N) is 1. The van der Waals surface area contributed by atoms with Crippen LogP contribution in [0.2, 0.25) is 0 Å². The Morgan fingerprint density at radius 2 is 2.14 bits per heavy atom. The minimum absolute atomic E-state index is 0.0494. The van der Waals surface area contributed by atoms with Crippen LogP contribution in [0.25, 0.3) is 0 Å². The zero-order valence-electron chi connectivity index (χ0n) is 12.4. The number of rotatable bonds is 4. The van der Waals surface area contributed by atoms with Crippen molar-refractivity contribution in [2.24, 2.45) is 5.92 Å². The van der Waals surface area contributed by atoms with Crippen molar-refractivity contribution < 1.29 is 14.3 Å². The summed E-state index contributed by atoms with van der Waals surface area (Å²) in [5.41, 5.74) is 0.873. The Bertz CT molecular complexity index is 560. The molecule has 0 bridgehead atoms. The number of carbonyl (C=O) groups is 2. The smallest absolute Gasteiger partial charge is 0.246 e. The van der Waals surface area contributed by atoms with Gasteiger partial charge in [-0.25, -0.2) is 0 Å². The minimum atomic E-state index is -0.454. The first-order chi connectivity index (χ1) is 9.92. The van der Waals surface area contributed by atoms with Crippen LogP contribution in [-0.4, -0.2) is 36.4 Å². The van der Waals surface area contributed by atoms with E-state index in [1.165, 1.54) is 0 Å². The Kier molecular flexibility index (Phi) is 4.88. The van der Waals surface area contributed by atoms with Crippen molar-refractivity contribution in [1.82, 2.24) is 10.2 Å². The number of ether oxygens (including phenoxy) is 1. The highest BCUT2D eigenvalue weighted by Crippen LogP contribution is 2.25. The van der Waals surface area contributed by atoms with Crippen LogP contribution in [-0.2, 0) is 16.1 Å². The van der Waals surface area contributed by atoms with Gasteiger partial charge in [0, 0.05) is 16.6 Å². The lowest BCUT2D eigenvalue weighted by atomic mass is 10.0. The van der Waals surface area contributed by atoms with Crippen molar-refractivity contribution in [3.05, 3.63) is 28.2 Å². The molecule has 6 heteroatoms. The molecule has 0 radical (unpaired) electrons. The average Bonchev–Trinajstić information content (AvgIpc) is 2.42. The molecule has 1 N–H and O–H groups in total. The molecule has 5 nitrogen and oxygen atoms in total. The van der Waals surface area contributed by atoms with Gasteiger partial charge < -0.3 is 15.0 Å². The zero-order chi connectivity index (χ0) is 15.6. The number of hydrogen-bond donors (Lipinski definition) is 1. The molecule has 1 heterocycles. The molecular formula is C15H19BrN2O3. The van der Waals surface area contributed by atoms with Crippen molar-refractivity contribution in [2.75, 3.05) is 13.7 Å². The SMILES string of the molecule is COc1ccc(Br)cc1CN1CC(=O)NC(C(C)C)C1=O. The molecule has 114 valence electrons. The Morgan fingerprint density at radius 3 is 2.76 bits per heavy atom. The molecule has 0 saturated carbocycles. The maximum atomic E-state index is 12.5. The van der Waals surface area contributed by atoms with E-state index in [2.05, 4.69) is 21.2 Å². The zero-order valence-corrected chi connectivity index (χ0v) is 13.9. The largest absolute Gasteiger partial charge is 0.496 e. The molecule has 0 aliphatic carbocycles. The van der Waals surface area contributed by atoms with E-state index in [-0.39, 0.29) is 24.3 Å². The molecule has 1 aliphatic heterocycles. The van der Waals surface area contributed by atoms with Crippen molar-refractivity contribution in [2.45, 2.75) is 26.4 Å². The number of hydrogen-bond acceptors (Lipinski definition) is 3. The summed E-state index contributed by atoms with van der Waals surface area (Å²) < 4.78 is 6.23. The van der Waals surface area contributed by atoms with Gasteiger partial charge in [-0.1, -0.05) is 29.8 Å². The summed E-state index contributed by atoms with van der Waals surface area (Å²) in [5.74, 6) is 0.598. The van der Waals surface area contributed by atoms with E-state index in [1.54, 1.807) is 12.0 Å². The molecule has 2 amide bonds. The van der Waals surface area contributed by atoms with E-state index >= 15 is 0 Å². The van der Waals surface area contributed by atoms with E-state index in [0.29, 0.717) is 12.3 Å². The van der Waals surface area contributed by atoms with Crippen LogP contribution in [0.15, 0.2) is 22.7 Å². The Labute approximate surface area is 132 Å². The van der Waals surface area contributed by atoms with Crippen molar-refractivity contribution in [3.63, 3.8) is 0 Å². The molecule has 0 aromatic heterocycles. The highest BCUT2D eigenvalue weighted by molar-refractivity contribution is 9.10. The fraction of sp³-hybridized carbons (Fsp3) is 0.467. The Hall–Kier alpha value is -1.56. The molecule has 2 rings (SSSR count). The topological polar surface area (TPSA) is 58.6 Å². The number of amides is 2. The second-order valence-electron chi connectivity index (χ2n) is 5.44. The number of piperazine rings is 1. The minimum Gasteiger partial charge on any atom is -0.496 e. The van der Waals surface area contributed by atoms with Gasteiger partial charge in [-0.2, -0.15) is 0 Å². The lowest BCUT2D eigenvalue weighted by Crippen LogP contribution is -2.59. The van der Waals surface area contributed by atoms with Crippen molar-refractivity contribution in [3.8, 4) is 5.75 Å². The van der Waals surface area contributed by atoms with Gasteiger partial charge >= 0.3 is 0 Å². The fourth-order valence-electron chi connectivity index (χ4n) is 2.39. The Morgan fingerprint density at radius 1 is 1.43 bits per heavy atom. The van der Waals surface area contributed by atoms with Crippen LogP contribution in [0, 0.1) is 5.92 Å². The number of benzene rings is 1. The molecule has 1 fully saturated rings. The highest BCUT2D eigenvalue weighted by atomic mass is 79.9. The van der Waals surface area contributed by atoms with Crippen LogP contribution < -0.4 is 10.1 Å². The molecule has 1 saturated heterocycles. The maximum Gasteiger partial charge on any atom is 0.246 e. The van der Waals surface area contributed by atoms with Gasteiger partial charge in [0.1, 0.15) is 11.8 Å². The first-order valence-corrected chi connectivity index (χ1v) is 7.62. The third kappa shape index (κ3) is 3.56. The molecule has 1 atom stereocenters.